The van der Waals surface area contributed by atoms with Gasteiger partial charge in [0, 0.05) is 42.4 Å². The molecule has 0 unspecified atom stereocenters. The Hall–Kier alpha value is -4.46. The number of nitrogens with zero attached hydrogens (tertiary/aromatic N) is 2. The van der Waals surface area contributed by atoms with Gasteiger partial charge in [-0.25, -0.2) is 4.79 Å². The second kappa shape index (κ2) is 13.4. The zero-order chi connectivity index (χ0) is 27.6. The molecule has 1 heterocycles. The van der Waals surface area contributed by atoms with Gasteiger partial charge in [-0.1, -0.05) is 37.3 Å². The maximum absolute atomic E-state index is 13.7. The third kappa shape index (κ3) is 7.31. The molecule has 0 aliphatic rings. The third-order valence-electron chi connectivity index (χ3n) is 6.66. The van der Waals surface area contributed by atoms with Crippen LogP contribution < -0.4 is 14.8 Å². The number of nitrogens with one attached hydrogen (secondary N) is 2. The Morgan fingerprint density at radius 2 is 1.51 bits per heavy atom. The number of rotatable bonds is 12. The second-order valence-corrected chi connectivity index (χ2v) is 9.35. The van der Waals surface area contributed by atoms with E-state index in [0.29, 0.717) is 37.5 Å². The minimum Gasteiger partial charge on any atom is -0.497 e. The number of hydrogen-bond donors (Lipinski definition) is 2. The van der Waals surface area contributed by atoms with Crippen molar-refractivity contribution in [3.05, 3.63) is 90.1 Å². The van der Waals surface area contributed by atoms with Crippen LogP contribution in [0.2, 0.25) is 0 Å². The molecule has 0 saturated heterocycles. The van der Waals surface area contributed by atoms with Gasteiger partial charge in [0.25, 0.3) is 0 Å². The van der Waals surface area contributed by atoms with Crippen LogP contribution in [0.1, 0.15) is 24.5 Å². The van der Waals surface area contributed by atoms with E-state index in [1.165, 1.54) is 0 Å². The smallest absolute Gasteiger partial charge is 0.322 e. The molecule has 0 fully saturated rings. The van der Waals surface area contributed by atoms with E-state index in [0.717, 1.165) is 34.2 Å². The monoisotopic (exact) mass is 528 g/mol. The van der Waals surface area contributed by atoms with E-state index < -0.39 is 0 Å². The van der Waals surface area contributed by atoms with Gasteiger partial charge in [-0.05, 0) is 66.4 Å². The summed E-state index contributed by atoms with van der Waals surface area (Å²) in [5, 5.41) is 4.06. The van der Waals surface area contributed by atoms with Crippen molar-refractivity contribution < 1.29 is 19.1 Å². The number of ether oxygens (including phenoxy) is 2. The number of H-pyrrole nitrogens is 1. The Bertz CT molecular complexity index is 1370. The lowest BCUT2D eigenvalue weighted by Gasteiger charge is -2.28. The maximum atomic E-state index is 13.7. The van der Waals surface area contributed by atoms with Gasteiger partial charge in [-0.2, -0.15) is 0 Å². The zero-order valence-electron chi connectivity index (χ0n) is 22.8. The van der Waals surface area contributed by atoms with Crippen LogP contribution in [0.5, 0.6) is 11.5 Å². The average molecular weight is 529 g/mol. The number of hydrogen-bond acceptors (Lipinski definition) is 4. The average Bonchev–Trinajstić information content (AvgIpc) is 3.38. The minimum atomic E-state index is -0.309. The first-order valence-corrected chi connectivity index (χ1v) is 13.2. The molecule has 0 radical (unpaired) electrons. The van der Waals surface area contributed by atoms with Gasteiger partial charge in [0.05, 0.1) is 14.2 Å². The summed E-state index contributed by atoms with van der Waals surface area (Å²) in [7, 11) is 3.23. The van der Waals surface area contributed by atoms with Crippen LogP contribution in [0.3, 0.4) is 0 Å². The summed E-state index contributed by atoms with van der Waals surface area (Å²) in [6.07, 6.45) is 3.43. The van der Waals surface area contributed by atoms with Crippen molar-refractivity contribution in [3.63, 3.8) is 0 Å². The molecule has 0 aliphatic carbocycles. The van der Waals surface area contributed by atoms with Crippen LogP contribution in [-0.4, -0.2) is 60.6 Å². The molecule has 3 amide bonds. The Kier molecular flexibility index (Phi) is 9.45. The van der Waals surface area contributed by atoms with E-state index >= 15 is 0 Å². The van der Waals surface area contributed by atoms with Crippen molar-refractivity contribution in [2.45, 2.75) is 26.3 Å². The zero-order valence-corrected chi connectivity index (χ0v) is 22.8. The third-order valence-corrected chi connectivity index (χ3v) is 6.66. The van der Waals surface area contributed by atoms with Crippen LogP contribution in [0, 0.1) is 0 Å². The minimum absolute atomic E-state index is 0.0140. The van der Waals surface area contributed by atoms with Gasteiger partial charge in [0.1, 0.15) is 18.0 Å². The Balaban J connectivity index is 1.49. The predicted molar refractivity (Wildman–Crippen MR) is 154 cm³/mol. The first-order valence-electron chi connectivity index (χ1n) is 13.2. The van der Waals surface area contributed by atoms with Crippen molar-refractivity contribution in [2.24, 2.45) is 0 Å². The molecule has 0 spiro atoms. The number of carbonyl (C=O) groups excluding carboxylic acids is 2. The number of anilines is 1. The number of amides is 3. The number of carbonyl (C=O) groups is 2. The van der Waals surface area contributed by atoms with Gasteiger partial charge in [-0.3, -0.25) is 4.79 Å². The normalized spacial score (nSPS) is 10.7. The topological polar surface area (TPSA) is 86.9 Å². The lowest BCUT2D eigenvalue weighted by molar-refractivity contribution is -0.132. The molecule has 8 heteroatoms. The van der Waals surface area contributed by atoms with E-state index in [2.05, 4.69) is 16.4 Å². The van der Waals surface area contributed by atoms with Crippen molar-refractivity contribution in [1.82, 2.24) is 14.8 Å². The van der Waals surface area contributed by atoms with Gasteiger partial charge in [-0.15, -0.1) is 0 Å². The number of fused-ring (bicyclic) bond motifs is 1. The first-order chi connectivity index (χ1) is 19.0. The molecule has 1 aromatic heterocycles. The van der Waals surface area contributed by atoms with Crippen molar-refractivity contribution in [3.8, 4) is 11.5 Å². The molecule has 204 valence electrons. The van der Waals surface area contributed by atoms with Gasteiger partial charge in [0.2, 0.25) is 5.91 Å². The number of methoxy groups -OCH3 is 2. The summed E-state index contributed by atoms with van der Waals surface area (Å²) in [6.45, 7) is 3.40. The molecule has 4 aromatic rings. The summed E-state index contributed by atoms with van der Waals surface area (Å²) < 4.78 is 10.5. The SMILES string of the molecule is CCCN(CC(=O)N(CCc1c[nH]c2ccccc12)Cc1ccc(OC)cc1)C(=O)Nc1ccc(OC)cc1. The van der Waals surface area contributed by atoms with E-state index in [4.69, 9.17) is 9.47 Å². The summed E-state index contributed by atoms with van der Waals surface area (Å²) in [5.74, 6) is 1.36. The second-order valence-electron chi connectivity index (χ2n) is 9.35. The quantitative estimate of drug-likeness (QED) is 0.247. The lowest BCUT2D eigenvalue weighted by Crippen LogP contribution is -2.45. The molecule has 0 saturated carbocycles. The van der Waals surface area contributed by atoms with Crippen molar-refractivity contribution in [1.29, 1.82) is 0 Å². The first kappa shape index (κ1) is 27.6. The van der Waals surface area contributed by atoms with E-state index in [9.17, 15) is 9.59 Å². The number of benzene rings is 3. The summed E-state index contributed by atoms with van der Waals surface area (Å²) in [5.41, 5.74) is 3.86. The molecule has 0 aliphatic heterocycles. The van der Waals surface area contributed by atoms with Crippen molar-refractivity contribution in [2.75, 3.05) is 39.2 Å². The molecule has 4 rings (SSSR count). The largest absolute Gasteiger partial charge is 0.497 e. The Morgan fingerprint density at radius 3 is 2.18 bits per heavy atom. The molecule has 2 N–H and O–H groups in total. The summed E-state index contributed by atoms with van der Waals surface area (Å²) in [4.78, 5) is 33.5. The Labute approximate surface area is 229 Å². The molecule has 8 nitrogen and oxygen atoms in total. The van der Waals surface area contributed by atoms with Gasteiger partial charge >= 0.3 is 6.03 Å². The molecular formula is C31H36N4O4. The highest BCUT2D eigenvalue weighted by atomic mass is 16.5. The van der Waals surface area contributed by atoms with E-state index in [1.54, 1.807) is 43.4 Å². The molecule has 39 heavy (non-hydrogen) atoms. The predicted octanol–water partition coefficient (Wildman–Crippen LogP) is 5.70. The summed E-state index contributed by atoms with van der Waals surface area (Å²) in [6, 6.07) is 22.7. The summed E-state index contributed by atoms with van der Waals surface area (Å²) >= 11 is 0. The number of aromatic amines is 1. The van der Waals surface area contributed by atoms with Crippen LogP contribution >= 0.6 is 0 Å². The van der Waals surface area contributed by atoms with E-state index in [-0.39, 0.29) is 18.5 Å². The maximum Gasteiger partial charge on any atom is 0.322 e. The van der Waals surface area contributed by atoms with Gasteiger partial charge < -0.3 is 29.6 Å². The van der Waals surface area contributed by atoms with Crippen LogP contribution in [0.4, 0.5) is 10.5 Å². The Morgan fingerprint density at radius 1 is 0.846 bits per heavy atom. The fraction of sp³-hybridized carbons (Fsp3) is 0.290. The fourth-order valence-corrected chi connectivity index (χ4v) is 4.50. The molecular weight excluding hydrogens is 492 g/mol. The van der Waals surface area contributed by atoms with Crippen LogP contribution in [0.25, 0.3) is 10.9 Å². The van der Waals surface area contributed by atoms with Crippen LogP contribution in [-0.2, 0) is 17.8 Å². The fourth-order valence-electron chi connectivity index (χ4n) is 4.50. The van der Waals surface area contributed by atoms with Crippen LogP contribution in [0.15, 0.2) is 79.0 Å². The highest BCUT2D eigenvalue weighted by Crippen LogP contribution is 2.20. The van der Waals surface area contributed by atoms with Crippen molar-refractivity contribution >= 4 is 28.5 Å². The lowest BCUT2D eigenvalue weighted by atomic mass is 10.1. The molecule has 0 atom stereocenters. The standard InChI is InChI=1S/C31H36N4O4/c1-4-18-35(31(37)33-25-11-15-27(39-3)16-12-25)22-30(36)34(21-23-9-13-26(38-2)14-10-23)19-17-24-20-32-29-8-6-5-7-28(24)29/h5-16,20,32H,4,17-19,21-22H2,1-3H3,(H,33,37). The van der Waals surface area contributed by atoms with Gasteiger partial charge in [0.15, 0.2) is 0 Å². The molecule has 3 aromatic carbocycles. The highest BCUT2D eigenvalue weighted by molar-refractivity contribution is 5.92. The number of aromatic nitrogens is 1. The van der Waals surface area contributed by atoms with E-state index in [1.807, 2.05) is 60.5 Å². The number of para-hydroxylation sites is 1. The molecule has 0 bridgehead atoms. The number of urea groups is 1. The highest BCUT2D eigenvalue weighted by Gasteiger charge is 2.22.